The predicted octanol–water partition coefficient (Wildman–Crippen LogP) is 0.569. The molecule has 1 aliphatic carbocycles. The summed E-state index contributed by atoms with van der Waals surface area (Å²) < 4.78 is 43.4. The van der Waals surface area contributed by atoms with E-state index in [0.717, 1.165) is 23.5 Å². The lowest BCUT2D eigenvalue weighted by atomic mass is 9.82. The summed E-state index contributed by atoms with van der Waals surface area (Å²) in [6.07, 6.45) is -3.44. The predicted molar refractivity (Wildman–Crippen MR) is 110 cm³/mol. The van der Waals surface area contributed by atoms with Gasteiger partial charge in [-0.1, -0.05) is 0 Å². The number of alkyl halides is 3. The zero-order valence-corrected chi connectivity index (χ0v) is 18.8. The molecule has 2 aromatic heterocycles. The zero-order valence-electron chi connectivity index (χ0n) is 18.0. The molecular formula is C19H22F3N7O4S. The third kappa shape index (κ3) is 5.19. The minimum atomic E-state index is -4.77. The molecule has 4 N–H and O–H groups in total. The molecule has 3 atom stereocenters. The summed E-state index contributed by atoms with van der Waals surface area (Å²) in [6, 6.07) is -1.41. The van der Waals surface area contributed by atoms with Crippen LogP contribution in [0.4, 0.5) is 13.2 Å². The monoisotopic (exact) mass is 501 g/mol. The molecule has 2 aromatic rings. The number of rotatable bonds is 4. The second kappa shape index (κ2) is 9.29. The Hall–Kier alpha value is -3.07. The summed E-state index contributed by atoms with van der Waals surface area (Å²) >= 11 is 1.27. The molecule has 1 saturated carbocycles. The highest BCUT2D eigenvalue weighted by molar-refractivity contribution is 7.13. The second-order valence-corrected chi connectivity index (χ2v) is 9.44. The molecule has 0 radical (unpaired) electrons. The number of nitrogens with zero attached hydrogens (tertiary/aromatic N) is 4. The lowest BCUT2D eigenvalue weighted by Gasteiger charge is -2.35. The van der Waals surface area contributed by atoms with E-state index in [-0.39, 0.29) is 30.2 Å². The van der Waals surface area contributed by atoms with Gasteiger partial charge in [0.15, 0.2) is 5.01 Å². The molecule has 0 spiro atoms. The summed E-state index contributed by atoms with van der Waals surface area (Å²) in [7, 11) is 1.97. The van der Waals surface area contributed by atoms with Crippen LogP contribution in [0, 0.1) is 0 Å². The minimum absolute atomic E-state index is 0.1000. The number of aromatic nitrogens is 3. The molecule has 34 heavy (non-hydrogen) atoms. The van der Waals surface area contributed by atoms with Gasteiger partial charge in [-0.25, -0.2) is 4.98 Å². The summed E-state index contributed by atoms with van der Waals surface area (Å²) in [5.74, 6) is -4.94. The molecule has 3 heterocycles. The van der Waals surface area contributed by atoms with Gasteiger partial charge in [-0.15, -0.1) is 21.5 Å². The van der Waals surface area contributed by atoms with Crippen molar-refractivity contribution in [1.82, 2.24) is 30.7 Å². The van der Waals surface area contributed by atoms with Gasteiger partial charge in [-0.05, 0) is 26.3 Å². The molecule has 2 aliphatic rings. The fraction of sp³-hybridized carbons (Fsp3) is 0.579. The maximum atomic E-state index is 13.0. The Balaban J connectivity index is 1.52. The SMILES string of the molecule is CN1CCc2nc(C(=O)N[C@@H]3C[C@@H](c4nnc(C(F)(F)F)o4)CC[C@@H]3NC(=O)C(N)=O)sc2C1. The lowest BCUT2D eigenvalue weighted by molar-refractivity contribution is -0.157. The van der Waals surface area contributed by atoms with Crippen molar-refractivity contribution in [2.24, 2.45) is 5.73 Å². The average molecular weight is 501 g/mol. The van der Waals surface area contributed by atoms with Gasteiger partial charge >= 0.3 is 23.9 Å². The van der Waals surface area contributed by atoms with Gasteiger partial charge in [0.25, 0.3) is 5.91 Å². The molecule has 3 amide bonds. The third-order valence-corrected chi connectivity index (χ3v) is 6.94. The molecule has 0 aromatic carbocycles. The highest BCUT2D eigenvalue weighted by Gasteiger charge is 2.41. The normalized spacial score (nSPS) is 23.2. The molecule has 184 valence electrons. The van der Waals surface area contributed by atoms with Gasteiger partial charge in [-0.2, -0.15) is 13.2 Å². The molecule has 4 rings (SSSR count). The van der Waals surface area contributed by atoms with Gasteiger partial charge in [0.2, 0.25) is 5.89 Å². The van der Waals surface area contributed by atoms with Crippen LogP contribution in [0.25, 0.3) is 0 Å². The zero-order chi connectivity index (χ0) is 24.6. The first kappa shape index (κ1) is 24.1. The fourth-order valence-corrected chi connectivity index (χ4v) is 5.22. The van der Waals surface area contributed by atoms with E-state index in [4.69, 9.17) is 10.2 Å². The molecule has 15 heteroatoms. The smallest absolute Gasteiger partial charge is 0.417 e. The Morgan fingerprint density at radius 2 is 1.94 bits per heavy atom. The standard InChI is InChI=1S/C19H22F3N7O4S/c1-29-5-4-10-12(7-29)34-17(26-10)15(32)25-11-6-8(2-3-9(11)24-14(31)13(23)30)16-27-28-18(33-16)19(20,21)22/h8-9,11H,2-7H2,1H3,(H2,23,30)(H,24,31)(H,25,32)/t8-,9-,11+/m0/s1. The first-order valence-electron chi connectivity index (χ1n) is 10.5. The van der Waals surface area contributed by atoms with Crippen molar-refractivity contribution in [1.29, 1.82) is 0 Å². The van der Waals surface area contributed by atoms with Crippen LogP contribution in [-0.2, 0) is 28.7 Å². The number of halogens is 3. The summed E-state index contributed by atoms with van der Waals surface area (Å²) in [4.78, 5) is 43.6. The maximum Gasteiger partial charge on any atom is 0.470 e. The van der Waals surface area contributed by atoms with Gasteiger partial charge in [0, 0.05) is 36.3 Å². The number of carbonyl (C=O) groups is 3. The number of fused-ring (bicyclic) bond motifs is 1. The Morgan fingerprint density at radius 1 is 1.18 bits per heavy atom. The van der Waals surface area contributed by atoms with Gasteiger partial charge in [0.05, 0.1) is 11.7 Å². The number of amides is 3. The van der Waals surface area contributed by atoms with Crippen LogP contribution in [0.15, 0.2) is 4.42 Å². The summed E-state index contributed by atoms with van der Waals surface area (Å²) in [5.41, 5.74) is 5.89. The number of carbonyl (C=O) groups excluding carboxylic acids is 3. The summed E-state index contributed by atoms with van der Waals surface area (Å²) in [5, 5.41) is 12.1. The van der Waals surface area contributed by atoms with Crippen molar-refractivity contribution in [2.45, 2.75) is 56.4 Å². The lowest BCUT2D eigenvalue weighted by Crippen LogP contribution is -2.56. The van der Waals surface area contributed by atoms with E-state index in [2.05, 4.69) is 30.7 Å². The number of nitrogens with two attached hydrogens (primary N) is 1. The van der Waals surface area contributed by atoms with Gasteiger partial charge in [0.1, 0.15) is 0 Å². The van der Waals surface area contributed by atoms with Crippen LogP contribution in [0.3, 0.4) is 0 Å². The van der Waals surface area contributed by atoms with E-state index < -0.39 is 47.8 Å². The third-order valence-electron chi connectivity index (χ3n) is 5.86. The molecule has 0 saturated heterocycles. The van der Waals surface area contributed by atoms with Crippen molar-refractivity contribution in [3.8, 4) is 0 Å². The number of likely N-dealkylation sites (N-methyl/N-ethyl adjacent to an activating group) is 1. The molecule has 0 bridgehead atoms. The highest BCUT2D eigenvalue weighted by Crippen LogP contribution is 2.36. The molecule has 1 aliphatic heterocycles. The topological polar surface area (TPSA) is 156 Å². The first-order valence-corrected chi connectivity index (χ1v) is 11.3. The largest absolute Gasteiger partial charge is 0.470 e. The molecule has 0 unspecified atom stereocenters. The van der Waals surface area contributed by atoms with Crippen molar-refractivity contribution in [3.63, 3.8) is 0 Å². The second-order valence-electron chi connectivity index (χ2n) is 8.35. The summed E-state index contributed by atoms with van der Waals surface area (Å²) in [6.45, 7) is 1.51. The van der Waals surface area contributed by atoms with Crippen LogP contribution >= 0.6 is 11.3 Å². The van der Waals surface area contributed by atoms with Crippen molar-refractivity contribution in [2.75, 3.05) is 13.6 Å². The number of nitrogens with one attached hydrogen (secondary N) is 2. The van der Waals surface area contributed by atoms with E-state index in [0.29, 0.717) is 6.54 Å². The quantitative estimate of drug-likeness (QED) is 0.514. The van der Waals surface area contributed by atoms with Crippen LogP contribution in [0.5, 0.6) is 0 Å². The Kier molecular flexibility index (Phi) is 6.58. The van der Waals surface area contributed by atoms with Crippen LogP contribution in [0.2, 0.25) is 0 Å². The number of thiazole rings is 1. The Labute approximate surface area is 195 Å². The van der Waals surface area contributed by atoms with Crippen molar-refractivity contribution in [3.05, 3.63) is 27.4 Å². The van der Waals surface area contributed by atoms with E-state index in [1.165, 1.54) is 11.3 Å². The minimum Gasteiger partial charge on any atom is -0.417 e. The van der Waals surface area contributed by atoms with Crippen LogP contribution in [-0.4, -0.2) is 63.5 Å². The average Bonchev–Trinajstić information content (AvgIpc) is 3.41. The Bertz CT molecular complexity index is 1100. The molecule has 11 nitrogen and oxygen atoms in total. The van der Waals surface area contributed by atoms with E-state index >= 15 is 0 Å². The van der Waals surface area contributed by atoms with Gasteiger partial charge < -0.3 is 25.7 Å². The molecular weight excluding hydrogens is 479 g/mol. The molecule has 1 fully saturated rings. The van der Waals surface area contributed by atoms with E-state index in [1.54, 1.807) is 0 Å². The highest BCUT2D eigenvalue weighted by atomic mass is 32.1. The number of hydrogen-bond donors (Lipinski definition) is 3. The van der Waals surface area contributed by atoms with Gasteiger partial charge in [-0.3, -0.25) is 14.4 Å². The van der Waals surface area contributed by atoms with Crippen molar-refractivity contribution < 1.29 is 32.0 Å². The maximum absolute atomic E-state index is 13.0. The van der Waals surface area contributed by atoms with E-state index in [9.17, 15) is 27.6 Å². The number of hydrogen-bond acceptors (Lipinski definition) is 9. The van der Waals surface area contributed by atoms with Crippen LogP contribution in [0.1, 0.15) is 57.3 Å². The van der Waals surface area contributed by atoms with E-state index in [1.807, 2.05) is 7.05 Å². The first-order chi connectivity index (χ1) is 16.0. The van der Waals surface area contributed by atoms with Crippen LogP contribution < -0.4 is 16.4 Å². The number of primary amides is 1. The Morgan fingerprint density at radius 3 is 2.62 bits per heavy atom. The van der Waals surface area contributed by atoms with Crippen molar-refractivity contribution >= 4 is 29.1 Å². The fourth-order valence-electron chi connectivity index (χ4n) is 4.13.